The van der Waals surface area contributed by atoms with E-state index < -0.39 is 0 Å². The normalized spacial score (nSPS) is 9.25. The second-order valence-electron chi connectivity index (χ2n) is 2.12. The lowest BCUT2D eigenvalue weighted by Crippen LogP contribution is -2.11. The van der Waals surface area contributed by atoms with Crippen LogP contribution in [0, 0.1) is 24.2 Å². The molecule has 0 aromatic heterocycles. The van der Waals surface area contributed by atoms with Gasteiger partial charge in [0.05, 0.1) is 6.54 Å². The number of hydrogen-bond donors (Lipinski definition) is 1. The van der Waals surface area contributed by atoms with Crippen molar-refractivity contribution in [3.63, 3.8) is 0 Å². The fourth-order valence-corrected chi connectivity index (χ4v) is 0.597. The molecule has 1 N–H and O–H groups in total. The summed E-state index contributed by atoms with van der Waals surface area (Å²) in [6.45, 7) is 3.82. The van der Waals surface area contributed by atoms with Crippen LogP contribution in [-0.4, -0.2) is 12.3 Å². The molecule has 0 rings (SSSR count). The summed E-state index contributed by atoms with van der Waals surface area (Å²) in [5, 5.41) is 2.86. The molecule has 0 amide bonds. The van der Waals surface area contributed by atoms with Gasteiger partial charge in [-0.15, -0.1) is 6.42 Å². The summed E-state index contributed by atoms with van der Waals surface area (Å²) in [5.41, 5.74) is 0.737. The molecule has 2 heteroatoms. The van der Waals surface area contributed by atoms with Gasteiger partial charge in [-0.05, 0) is 19.8 Å². The smallest absolute Gasteiger partial charge is 0.230 e. The molecular weight excluding hydrogens is 150 g/mol. The lowest BCUT2D eigenvalue weighted by molar-refractivity contribution is -0.109. The highest BCUT2D eigenvalue weighted by atomic mass is 16.1. The minimum Gasteiger partial charge on any atom is -0.378 e. The Balaban J connectivity index is 4.06. The minimum atomic E-state index is -0.209. The standard InChI is InChI=1S/C10H11NO/c1-4-6-10(12)8-9(3)11-7-5-2/h2,8,11H,7H2,1,3H3/b9-8-. The quantitative estimate of drug-likeness (QED) is 0.375. The van der Waals surface area contributed by atoms with Crippen molar-refractivity contribution < 1.29 is 4.79 Å². The number of carbonyl (C=O) groups excluding carboxylic acids is 1. The molecule has 0 saturated carbocycles. The maximum atomic E-state index is 10.9. The summed E-state index contributed by atoms with van der Waals surface area (Å²) in [6.07, 6.45) is 6.44. The molecule has 0 heterocycles. The Bertz CT molecular complexity index is 283. The Morgan fingerprint density at radius 1 is 1.67 bits per heavy atom. The molecule has 0 aliphatic carbocycles. The molecule has 0 bridgehead atoms. The fourth-order valence-electron chi connectivity index (χ4n) is 0.597. The van der Waals surface area contributed by atoms with Crippen molar-refractivity contribution in [2.45, 2.75) is 13.8 Å². The molecule has 0 aliphatic rings. The molecule has 0 saturated heterocycles. The number of ketones is 1. The molecule has 0 unspecified atom stereocenters. The van der Waals surface area contributed by atoms with E-state index in [9.17, 15) is 4.79 Å². The van der Waals surface area contributed by atoms with Gasteiger partial charge in [0.2, 0.25) is 5.78 Å². The van der Waals surface area contributed by atoms with E-state index in [1.54, 1.807) is 13.8 Å². The van der Waals surface area contributed by atoms with Crippen molar-refractivity contribution in [2.75, 3.05) is 6.54 Å². The Morgan fingerprint density at radius 3 is 2.83 bits per heavy atom. The van der Waals surface area contributed by atoms with Crippen LogP contribution < -0.4 is 5.32 Å². The first kappa shape index (κ1) is 10.3. The highest BCUT2D eigenvalue weighted by Crippen LogP contribution is 1.85. The van der Waals surface area contributed by atoms with Gasteiger partial charge in [-0.3, -0.25) is 4.79 Å². The SMILES string of the molecule is C#CCN/C(C)=C\C(=O)C#CC. The van der Waals surface area contributed by atoms with E-state index in [0.717, 1.165) is 5.70 Å². The molecule has 12 heavy (non-hydrogen) atoms. The van der Waals surface area contributed by atoms with Crippen molar-refractivity contribution in [1.29, 1.82) is 0 Å². The predicted molar refractivity (Wildman–Crippen MR) is 49.0 cm³/mol. The van der Waals surface area contributed by atoms with Crippen molar-refractivity contribution in [1.82, 2.24) is 5.32 Å². The van der Waals surface area contributed by atoms with E-state index in [1.165, 1.54) is 6.08 Å². The van der Waals surface area contributed by atoms with Gasteiger partial charge in [0.25, 0.3) is 0 Å². The van der Waals surface area contributed by atoms with E-state index in [2.05, 4.69) is 23.1 Å². The van der Waals surface area contributed by atoms with Gasteiger partial charge in [0, 0.05) is 11.8 Å². The summed E-state index contributed by atoms with van der Waals surface area (Å²) in [4.78, 5) is 10.9. The highest BCUT2D eigenvalue weighted by Gasteiger charge is 1.91. The Hall–Kier alpha value is -1.67. The van der Waals surface area contributed by atoms with Gasteiger partial charge < -0.3 is 5.32 Å². The summed E-state index contributed by atoms with van der Waals surface area (Å²) in [5.74, 6) is 7.11. The van der Waals surface area contributed by atoms with E-state index in [1.807, 2.05) is 0 Å². The maximum absolute atomic E-state index is 10.9. The van der Waals surface area contributed by atoms with Crippen LogP contribution >= 0.6 is 0 Å². The molecule has 0 fully saturated rings. The molecule has 0 atom stereocenters. The first-order valence-electron chi connectivity index (χ1n) is 3.53. The molecular formula is C10H11NO. The molecule has 62 valence electrons. The first-order chi connectivity index (χ1) is 5.70. The molecule has 0 aliphatic heterocycles. The lowest BCUT2D eigenvalue weighted by atomic mass is 10.3. The Kier molecular flexibility index (Phi) is 5.22. The molecule has 0 aromatic rings. The lowest BCUT2D eigenvalue weighted by Gasteiger charge is -1.98. The minimum absolute atomic E-state index is 0.209. The number of nitrogens with one attached hydrogen (secondary N) is 1. The van der Waals surface area contributed by atoms with Crippen LogP contribution in [0.25, 0.3) is 0 Å². The summed E-state index contributed by atoms with van der Waals surface area (Å²) < 4.78 is 0. The van der Waals surface area contributed by atoms with Crippen LogP contribution in [0.5, 0.6) is 0 Å². The molecule has 2 nitrogen and oxygen atoms in total. The van der Waals surface area contributed by atoms with Crippen molar-refractivity contribution >= 4 is 5.78 Å². The van der Waals surface area contributed by atoms with E-state index in [-0.39, 0.29) is 5.78 Å². The fraction of sp³-hybridized carbons (Fsp3) is 0.300. The number of hydrogen-bond acceptors (Lipinski definition) is 2. The monoisotopic (exact) mass is 161 g/mol. The zero-order chi connectivity index (χ0) is 9.40. The average molecular weight is 161 g/mol. The number of carbonyl (C=O) groups is 1. The van der Waals surface area contributed by atoms with Gasteiger partial charge in [0.15, 0.2) is 0 Å². The van der Waals surface area contributed by atoms with Gasteiger partial charge in [0.1, 0.15) is 0 Å². The van der Waals surface area contributed by atoms with Crippen LogP contribution in [0.15, 0.2) is 11.8 Å². The third kappa shape index (κ3) is 5.14. The average Bonchev–Trinajstić information content (AvgIpc) is 2.01. The second kappa shape index (κ2) is 6.07. The van der Waals surface area contributed by atoms with E-state index in [0.29, 0.717) is 6.54 Å². The van der Waals surface area contributed by atoms with Crippen LogP contribution in [0.3, 0.4) is 0 Å². The van der Waals surface area contributed by atoms with E-state index >= 15 is 0 Å². The zero-order valence-electron chi connectivity index (χ0n) is 7.27. The number of terminal acetylenes is 1. The molecule has 0 radical (unpaired) electrons. The Labute approximate surface area is 73.0 Å². The van der Waals surface area contributed by atoms with Crippen LogP contribution in [0.4, 0.5) is 0 Å². The van der Waals surface area contributed by atoms with Crippen LogP contribution in [-0.2, 0) is 4.79 Å². The van der Waals surface area contributed by atoms with Crippen LogP contribution in [0.2, 0.25) is 0 Å². The molecule has 0 spiro atoms. The van der Waals surface area contributed by atoms with E-state index in [4.69, 9.17) is 6.42 Å². The zero-order valence-corrected chi connectivity index (χ0v) is 7.27. The van der Waals surface area contributed by atoms with Crippen molar-refractivity contribution in [2.24, 2.45) is 0 Å². The van der Waals surface area contributed by atoms with Crippen molar-refractivity contribution in [3.8, 4) is 24.2 Å². The highest BCUT2D eigenvalue weighted by molar-refractivity contribution is 6.04. The predicted octanol–water partition coefficient (Wildman–Crippen LogP) is 0.705. The molecule has 0 aromatic carbocycles. The summed E-state index contributed by atoms with van der Waals surface area (Å²) in [6, 6.07) is 0. The summed E-state index contributed by atoms with van der Waals surface area (Å²) >= 11 is 0. The van der Waals surface area contributed by atoms with Gasteiger partial charge in [-0.25, -0.2) is 0 Å². The third-order valence-electron chi connectivity index (χ3n) is 1.07. The second-order valence-corrected chi connectivity index (χ2v) is 2.12. The van der Waals surface area contributed by atoms with Gasteiger partial charge in [-0.2, -0.15) is 0 Å². The Morgan fingerprint density at radius 2 is 2.33 bits per heavy atom. The van der Waals surface area contributed by atoms with Gasteiger partial charge >= 0.3 is 0 Å². The topological polar surface area (TPSA) is 29.1 Å². The van der Waals surface area contributed by atoms with Gasteiger partial charge in [-0.1, -0.05) is 11.8 Å². The number of rotatable bonds is 3. The number of allylic oxidation sites excluding steroid dienone is 2. The third-order valence-corrected chi connectivity index (χ3v) is 1.07. The summed E-state index contributed by atoms with van der Waals surface area (Å²) in [7, 11) is 0. The van der Waals surface area contributed by atoms with Crippen LogP contribution in [0.1, 0.15) is 13.8 Å². The first-order valence-corrected chi connectivity index (χ1v) is 3.53. The van der Waals surface area contributed by atoms with Crippen molar-refractivity contribution in [3.05, 3.63) is 11.8 Å². The maximum Gasteiger partial charge on any atom is 0.230 e. The largest absolute Gasteiger partial charge is 0.378 e.